The number of furan rings is 1. The van der Waals surface area contributed by atoms with E-state index in [2.05, 4.69) is 138 Å². The van der Waals surface area contributed by atoms with Crippen molar-refractivity contribution in [3.63, 3.8) is 0 Å². The van der Waals surface area contributed by atoms with Gasteiger partial charge >= 0.3 is 0 Å². The monoisotopic (exact) mass is 485 g/mol. The highest BCUT2D eigenvalue weighted by Gasteiger charge is 2.22. The first kappa shape index (κ1) is 21.0. The van der Waals surface area contributed by atoms with Crippen molar-refractivity contribution in [2.24, 2.45) is 0 Å². The highest BCUT2D eigenvalue weighted by molar-refractivity contribution is 6.12. The molecule has 6 aromatic carbocycles. The summed E-state index contributed by atoms with van der Waals surface area (Å²) >= 11 is 0. The molecule has 8 aromatic rings. The van der Waals surface area contributed by atoms with Gasteiger partial charge in [0.1, 0.15) is 11.3 Å². The molecule has 8 rings (SSSR count). The van der Waals surface area contributed by atoms with Crippen molar-refractivity contribution in [3.05, 3.63) is 140 Å². The van der Waals surface area contributed by atoms with Crippen molar-refractivity contribution in [1.82, 2.24) is 4.57 Å². The summed E-state index contributed by atoms with van der Waals surface area (Å²) in [4.78, 5) is 0. The fraction of sp³-hybridized carbons (Fsp3) is 0. The van der Waals surface area contributed by atoms with Crippen LogP contribution >= 0.6 is 0 Å². The van der Waals surface area contributed by atoms with Gasteiger partial charge in [-0.25, -0.2) is 0 Å². The van der Waals surface area contributed by atoms with E-state index in [9.17, 15) is 0 Å². The number of benzene rings is 6. The molecule has 0 radical (unpaired) electrons. The van der Waals surface area contributed by atoms with Gasteiger partial charge in [0.15, 0.2) is 5.76 Å². The summed E-state index contributed by atoms with van der Waals surface area (Å²) in [5.41, 5.74) is 7.72. The molecule has 0 N–H and O–H groups in total. The molecule has 0 spiro atoms. The largest absolute Gasteiger partial charge is 0.454 e. The first-order valence-electron chi connectivity index (χ1n) is 13.0. The normalized spacial score (nSPS) is 11.7. The van der Waals surface area contributed by atoms with E-state index in [1.165, 1.54) is 38.1 Å². The fourth-order valence-corrected chi connectivity index (χ4v) is 5.90. The molecule has 178 valence electrons. The van der Waals surface area contributed by atoms with E-state index in [4.69, 9.17) is 4.42 Å². The molecule has 2 heteroatoms. The summed E-state index contributed by atoms with van der Waals surface area (Å²) in [6, 6.07) is 49.4. The third-order valence-corrected chi connectivity index (χ3v) is 7.60. The van der Waals surface area contributed by atoms with Crippen molar-refractivity contribution in [1.29, 1.82) is 0 Å². The van der Waals surface area contributed by atoms with Crippen molar-refractivity contribution >= 4 is 43.5 Å². The van der Waals surface area contributed by atoms with Gasteiger partial charge in [-0.1, -0.05) is 115 Å². The molecule has 2 nitrogen and oxygen atoms in total. The Morgan fingerprint density at radius 1 is 0.447 bits per heavy atom. The average Bonchev–Trinajstić information content (AvgIpc) is 3.52. The van der Waals surface area contributed by atoms with Crippen LogP contribution in [0.5, 0.6) is 0 Å². The van der Waals surface area contributed by atoms with Gasteiger partial charge in [-0.15, -0.1) is 0 Å². The van der Waals surface area contributed by atoms with Crippen LogP contribution in [-0.4, -0.2) is 4.57 Å². The third-order valence-electron chi connectivity index (χ3n) is 7.60. The lowest BCUT2D eigenvalue weighted by Crippen LogP contribution is -1.95. The van der Waals surface area contributed by atoms with Gasteiger partial charge in [-0.05, 0) is 46.2 Å². The van der Waals surface area contributed by atoms with Gasteiger partial charge in [0.25, 0.3) is 0 Å². The summed E-state index contributed by atoms with van der Waals surface area (Å²) in [6.45, 7) is 0. The summed E-state index contributed by atoms with van der Waals surface area (Å²) < 4.78 is 9.13. The highest BCUT2D eigenvalue weighted by Crippen LogP contribution is 2.43. The van der Waals surface area contributed by atoms with Gasteiger partial charge in [0, 0.05) is 21.7 Å². The highest BCUT2D eigenvalue weighted by atomic mass is 16.3. The zero-order valence-corrected chi connectivity index (χ0v) is 20.6. The lowest BCUT2D eigenvalue weighted by atomic mass is 9.97. The average molecular weight is 486 g/mol. The van der Waals surface area contributed by atoms with Crippen LogP contribution in [0.2, 0.25) is 0 Å². The molecule has 0 unspecified atom stereocenters. The van der Waals surface area contributed by atoms with Gasteiger partial charge < -0.3 is 8.98 Å². The second kappa shape index (κ2) is 8.22. The summed E-state index contributed by atoms with van der Waals surface area (Å²) in [7, 11) is 0. The van der Waals surface area contributed by atoms with Gasteiger partial charge in [-0.2, -0.15) is 0 Å². The van der Waals surface area contributed by atoms with E-state index in [1.807, 2.05) is 6.07 Å². The molecule has 0 saturated carbocycles. The number of hydrogen-bond acceptors (Lipinski definition) is 1. The molecule has 0 bridgehead atoms. The predicted molar refractivity (Wildman–Crippen MR) is 159 cm³/mol. The number of fused-ring (bicyclic) bond motifs is 5. The van der Waals surface area contributed by atoms with Crippen molar-refractivity contribution in [2.75, 3.05) is 0 Å². The standard InChI is InChI=1S/C36H23NO/c1-2-12-25(13-3-1)36-35(37-32-19-8-6-16-29(32)30-17-7-9-20-33(30)37)31-22-21-26(23-34(31)38-36)28-18-10-14-24-11-4-5-15-27(24)28/h1-23H. The number of rotatable bonds is 3. The molecule has 0 fully saturated rings. The summed E-state index contributed by atoms with van der Waals surface area (Å²) in [5, 5.41) is 6.05. The van der Waals surface area contributed by atoms with Gasteiger partial charge in [-0.3, -0.25) is 0 Å². The molecule has 0 atom stereocenters. The Balaban J connectivity index is 1.47. The maximum absolute atomic E-state index is 6.76. The molecule has 0 amide bonds. The topological polar surface area (TPSA) is 18.1 Å². The van der Waals surface area contributed by atoms with Crippen LogP contribution < -0.4 is 0 Å². The van der Waals surface area contributed by atoms with Crippen molar-refractivity contribution in [2.45, 2.75) is 0 Å². The Morgan fingerprint density at radius 2 is 1.08 bits per heavy atom. The molecule has 0 aliphatic carbocycles. The van der Waals surface area contributed by atoms with E-state index in [0.717, 1.165) is 33.5 Å². The van der Waals surface area contributed by atoms with Gasteiger partial charge in [0.05, 0.1) is 11.0 Å². The SMILES string of the molecule is c1ccc(-c2oc3cc(-c4cccc5ccccc45)ccc3c2-n2c3ccccc3c3ccccc32)cc1. The second-order valence-electron chi connectivity index (χ2n) is 9.75. The zero-order chi connectivity index (χ0) is 25.1. The maximum Gasteiger partial charge on any atom is 0.159 e. The van der Waals surface area contributed by atoms with Crippen LogP contribution in [0.1, 0.15) is 0 Å². The summed E-state index contributed by atoms with van der Waals surface area (Å²) in [5.74, 6) is 0.877. The molecular formula is C36H23NO. The zero-order valence-electron chi connectivity index (χ0n) is 20.6. The molecule has 0 saturated heterocycles. The van der Waals surface area contributed by atoms with E-state index in [0.29, 0.717) is 0 Å². The Kier molecular flexibility index (Phi) is 4.55. The first-order chi connectivity index (χ1) is 18.9. The third kappa shape index (κ3) is 3.07. The smallest absolute Gasteiger partial charge is 0.159 e. The van der Waals surface area contributed by atoms with Crippen molar-refractivity contribution < 1.29 is 4.42 Å². The van der Waals surface area contributed by atoms with E-state index < -0.39 is 0 Å². The van der Waals surface area contributed by atoms with E-state index in [1.54, 1.807) is 0 Å². The molecule has 0 aliphatic rings. The Morgan fingerprint density at radius 3 is 1.84 bits per heavy atom. The van der Waals surface area contributed by atoms with E-state index in [-0.39, 0.29) is 0 Å². The summed E-state index contributed by atoms with van der Waals surface area (Å²) in [6.07, 6.45) is 0. The van der Waals surface area contributed by atoms with E-state index >= 15 is 0 Å². The lowest BCUT2D eigenvalue weighted by molar-refractivity contribution is 0.630. The number of nitrogens with zero attached hydrogens (tertiary/aromatic N) is 1. The van der Waals surface area contributed by atoms with Crippen LogP contribution in [0.15, 0.2) is 144 Å². The number of hydrogen-bond donors (Lipinski definition) is 0. The minimum absolute atomic E-state index is 0.877. The minimum atomic E-state index is 0.877. The Hall–Kier alpha value is -5.08. The van der Waals surface area contributed by atoms with Crippen LogP contribution in [0, 0.1) is 0 Å². The van der Waals surface area contributed by atoms with Crippen LogP contribution in [0.4, 0.5) is 0 Å². The molecule has 0 aliphatic heterocycles. The van der Waals surface area contributed by atoms with Crippen LogP contribution in [-0.2, 0) is 0 Å². The van der Waals surface area contributed by atoms with Crippen molar-refractivity contribution in [3.8, 4) is 28.1 Å². The Bertz CT molecular complexity index is 2070. The fourth-order valence-electron chi connectivity index (χ4n) is 5.90. The second-order valence-corrected chi connectivity index (χ2v) is 9.75. The minimum Gasteiger partial charge on any atom is -0.454 e. The first-order valence-corrected chi connectivity index (χ1v) is 13.0. The maximum atomic E-state index is 6.76. The quantitative estimate of drug-likeness (QED) is 0.243. The number of aromatic nitrogens is 1. The molecule has 38 heavy (non-hydrogen) atoms. The molecule has 2 aromatic heterocycles. The van der Waals surface area contributed by atoms with Crippen LogP contribution in [0.3, 0.4) is 0 Å². The van der Waals surface area contributed by atoms with Gasteiger partial charge in [0.2, 0.25) is 0 Å². The van der Waals surface area contributed by atoms with Crippen LogP contribution in [0.25, 0.3) is 71.7 Å². The Labute approximate surface area is 220 Å². The molecule has 2 heterocycles. The lowest BCUT2D eigenvalue weighted by Gasteiger charge is -2.10. The molecular weight excluding hydrogens is 462 g/mol. The number of para-hydroxylation sites is 2. The predicted octanol–water partition coefficient (Wildman–Crippen LogP) is 10.0.